The number of anilines is 1. The van der Waals surface area contributed by atoms with Crippen molar-refractivity contribution in [3.05, 3.63) is 30.3 Å². The molecule has 4 heteroatoms. The smallest absolute Gasteiger partial charge is 0.414 e. The molecule has 1 rings (SSSR count). The zero-order valence-electron chi connectivity index (χ0n) is 11.1. The van der Waals surface area contributed by atoms with Crippen LogP contribution in [0, 0.1) is 0 Å². The van der Waals surface area contributed by atoms with Crippen molar-refractivity contribution >= 4 is 22.0 Å². The molecule has 0 heterocycles. The standard InChI is InChI=1S/C13H21NO2Si/c1-4-13(2,3)16-12(15)14(10-17)11-8-6-5-7-9-11/h5-9H,4,10H2,1-3,17H3. The van der Waals surface area contributed by atoms with Crippen LogP contribution in [0.2, 0.25) is 0 Å². The normalized spacial score (nSPS) is 11.2. The van der Waals surface area contributed by atoms with Gasteiger partial charge in [-0.05, 0) is 32.4 Å². The SMILES string of the molecule is CCC(C)(C)OC(=O)N(C[SiH3])c1ccccc1. The molecule has 0 aliphatic heterocycles. The van der Waals surface area contributed by atoms with E-state index in [1.54, 1.807) is 4.90 Å². The van der Waals surface area contributed by atoms with Gasteiger partial charge in [0.2, 0.25) is 0 Å². The molecule has 1 aromatic carbocycles. The van der Waals surface area contributed by atoms with Gasteiger partial charge >= 0.3 is 6.09 Å². The number of hydrogen-bond donors (Lipinski definition) is 0. The summed E-state index contributed by atoms with van der Waals surface area (Å²) in [5.41, 5.74) is 0.500. The van der Waals surface area contributed by atoms with Gasteiger partial charge in [0, 0.05) is 22.1 Å². The lowest BCUT2D eigenvalue weighted by Gasteiger charge is -2.28. The highest BCUT2D eigenvalue weighted by Gasteiger charge is 2.24. The predicted octanol–water partition coefficient (Wildman–Crippen LogP) is 2.14. The highest BCUT2D eigenvalue weighted by Crippen LogP contribution is 2.19. The number of hydrogen-bond acceptors (Lipinski definition) is 2. The van der Waals surface area contributed by atoms with Gasteiger partial charge < -0.3 is 4.74 Å². The highest BCUT2D eigenvalue weighted by molar-refractivity contribution is 6.13. The summed E-state index contributed by atoms with van der Waals surface area (Å²) in [5, 5.41) is 0. The van der Waals surface area contributed by atoms with Crippen molar-refractivity contribution in [1.82, 2.24) is 0 Å². The minimum absolute atomic E-state index is 0.252. The van der Waals surface area contributed by atoms with Crippen LogP contribution >= 0.6 is 0 Å². The average molecular weight is 251 g/mol. The molecule has 0 aliphatic rings. The van der Waals surface area contributed by atoms with Crippen molar-refractivity contribution in [2.24, 2.45) is 0 Å². The van der Waals surface area contributed by atoms with Crippen LogP contribution in [0.4, 0.5) is 10.5 Å². The number of para-hydroxylation sites is 1. The molecule has 94 valence electrons. The molecule has 0 spiro atoms. The fraction of sp³-hybridized carbons (Fsp3) is 0.462. The van der Waals surface area contributed by atoms with E-state index < -0.39 is 5.60 Å². The zero-order valence-corrected chi connectivity index (χ0v) is 13.1. The number of carbonyl (C=O) groups is 1. The van der Waals surface area contributed by atoms with E-state index in [0.29, 0.717) is 0 Å². The van der Waals surface area contributed by atoms with E-state index in [2.05, 4.69) is 0 Å². The second-order valence-corrected chi connectivity index (χ2v) is 5.19. The van der Waals surface area contributed by atoms with E-state index in [9.17, 15) is 4.79 Å². The Morgan fingerprint density at radius 3 is 2.41 bits per heavy atom. The molecule has 0 aliphatic carbocycles. The van der Waals surface area contributed by atoms with E-state index in [1.807, 2.05) is 51.1 Å². The third kappa shape index (κ3) is 3.89. The Labute approximate surface area is 106 Å². The van der Waals surface area contributed by atoms with Crippen molar-refractivity contribution in [3.8, 4) is 0 Å². The van der Waals surface area contributed by atoms with Crippen molar-refractivity contribution in [3.63, 3.8) is 0 Å². The third-order valence-corrected chi connectivity index (χ3v) is 3.45. The van der Waals surface area contributed by atoms with Crippen molar-refractivity contribution in [1.29, 1.82) is 0 Å². The lowest BCUT2D eigenvalue weighted by atomic mass is 10.1. The summed E-state index contributed by atoms with van der Waals surface area (Å²) < 4.78 is 5.50. The van der Waals surface area contributed by atoms with Gasteiger partial charge in [0.25, 0.3) is 0 Å². The minimum Gasteiger partial charge on any atom is -0.443 e. The van der Waals surface area contributed by atoms with Gasteiger partial charge in [0.1, 0.15) is 5.60 Å². The Hall–Kier alpha value is -1.29. The van der Waals surface area contributed by atoms with Gasteiger partial charge in [0.05, 0.1) is 0 Å². The van der Waals surface area contributed by atoms with Crippen molar-refractivity contribution in [2.75, 3.05) is 11.1 Å². The quantitative estimate of drug-likeness (QED) is 0.767. The van der Waals surface area contributed by atoms with Crippen LogP contribution < -0.4 is 4.90 Å². The summed E-state index contributed by atoms with van der Waals surface area (Å²) in [6.45, 7) is 5.88. The molecule has 0 saturated carbocycles. The molecule has 0 aromatic heterocycles. The average Bonchev–Trinajstić information content (AvgIpc) is 2.31. The second-order valence-electron chi connectivity index (χ2n) is 4.56. The molecule has 0 fully saturated rings. The number of benzene rings is 1. The van der Waals surface area contributed by atoms with E-state index in [1.165, 1.54) is 0 Å². The van der Waals surface area contributed by atoms with Crippen LogP contribution in [0.5, 0.6) is 0 Å². The maximum absolute atomic E-state index is 12.1. The molecule has 17 heavy (non-hydrogen) atoms. The number of rotatable bonds is 4. The summed E-state index contributed by atoms with van der Waals surface area (Å²) in [7, 11) is 0.923. The maximum atomic E-state index is 12.1. The van der Waals surface area contributed by atoms with Gasteiger partial charge in [0.15, 0.2) is 0 Å². The minimum atomic E-state index is -0.402. The number of ether oxygens (including phenoxy) is 1. The summed E-state index contributed by atoms with van der Waals surface area (Å²) in [4.78, 5) is 13.8. The molecule has 3 nitrogen and oxygen atoms in total. The molecule has 1 amide bonds. The number of nitrogens with zero attached hydrogens (tertiary/aromatic N) is 1. The topological polar surface area (TPSA) is 29.5 Å². The van der Waals surface area contributed by atoms with Gasteiger partial charge in [-0.1, -0.05) is 25.1 Å². The summed E-state index contributed by atoms with van der Waals surface area (Å²) >= 11 is 0. The molecule has 0 radical (unpaired) electrons. The van der Waals surface area contributed by atoms with Gasteiger partial charge in [-0.25, -0.2) is 4.79 Å². The van der Waals surface area contributed by atoms with E-state index in [0.717, 1.165) is 28.5 Å². The summed E-state index contributed by atoms with van der Waals surface area (Å²) in [6, 6.07) is 9.65. The Morgan fingerprint density at radius 2 is 1.94 bits per heavy atom. The summed E-state index contributed by atoms with van der Waals surface area (Å²) in [6.07, 6.45) is 1.29. The van der Waals surface area contributed by atoms with Crippen LogP contribution in [0.15, 0.2) is 30.3 Å². The van der Waals surface area contributed by atoms with Gasteiger partial charge in [-0.15, -0.1) is 0 Å². The molecule has 1 aromatic rings. The monoisotopic (exact) mass is 251 g/mol. The van der Waals surface area contributed by atoms with Crippen molar-refractivity contribution < 1.29 is 9.53 Å². The van der Waals surface area contributed by atoms with Crippen molar-refractivity contribution in [2.45, 2.75) is 32.8 Å². The Kier molecular flexibility index (Phi) is 4.75. The number of carbonyl (C=O) groups excluding carboxylic acids is 1. The fourth-order valence-corrected chi connectivity index (χ4v) is 2.01. The first-order valence-corrected chi connectivity index (χ1v) is 7.47. The molecule has 0 N–H and O–H groups in total. The second kappa shape index (κ2) is 5.86. The molecule has 0 saturated heterocycles. The third-order valence-electron chi connectivity index (χ3n) is 2.82. The van der Waals surface area contributed by atoms with E-state index >= 15 is 0 Å². The summed E-state index contributed by atoms with van der Waals surface area (Å²) in [5.74, 6) is 0. The zero-order chi connectivity index (χ0) is 12.9. The van der Waals surface area contributed by atoms with Crippen LogP contribution in [0.25, 0.3) is 0 Å². The van der Waals surface area contributed by atoms with Gasteiger partial charge in [-0.2, -0.15) is 0 Å². The van der Waals surface area contributed by atoms with Crippen LogP contribution in [0.3, 0.4) is 0 Å². The van der Waals surface area contributed by atoms with Crippen LogP contribution in [-0.4, -0.2) is 28.1 Å². The van der Waals surface area contributed by atoms with E-state index in [4.69, 9.17) is 4.74 Å². The molecular formula is C13H21NO2Si. The first-order valence-electron chi connectivity index (χ1n) is 6.05. The van der Waals surface area contributed by atoms with Gasteiger partial charge in [-0.3, -0.25) is 4.90 Å². The molecule has 0 bridgehead atoms. The first-order chi connectivity index (χ1) is 8.00. The lowest BCUT2D eigenvalue weighted by molar-refractivity contribution is 0.0417. The Balaban J connectivity index is 2.79. The highest BCUT2D eigenvalue weighted by atomic mass is 28.1. The largest absolute Gasteiger partial charge is 0.443 e. The van der Waals surface area contributed by atoms with Crippen LogP contribution in [0.1, 0.15) is 27.2 Å². The Morgan fingerprint density at radius 1 is 1.35 bits per heavy atom. The molecular weight excluding hydrogens is 230 g/mol. The molecule has 0 unspecified atom stereocenters. The number of amides is 1. The Bertz CT molecular complexity index is 365. The predicted molar refractivity (Wildman–Crippen MR) is 74.6 cm³/mol. The maximum Gasteiger partial charge on any atom is 0.414 e. The molecule has 0 atom stereocenters. The lowest BCUT2D eigenvalue weighted by Crippen LogP contribution is -2.38. The van der Waals surface area contributed by atoms with Crippen LogP contribution in [-0.2, 0) is 4.74 Å². The first kappa shape index (κ1) is 13.8. The van der Waals surface area contributed by atoms with E-state index in [-0.39, 0.29) is 6.09 Å². The fourth-order valence-electron chi connectivity index (χ4n) is 1.39.